The molecule has 0 spiro atoms. The van der Waals surface area contributed by atoms with Gasteiger partial charge in [0.05, 0.1) is 0 Å². The molecule has 0 aliphatic heterocycles. The van der Waals surface area contributed by atoms with E-state index in [-0.39, 0.29) is 5.41 Å². The maximum atomic E-state index is 13.7. The molecule has 0 aliphatic carbocycles. The summed E-state index contributed by atoms with van der Waals surface area (Å²) in [5.41, 5.74) is 0.0803. The van der Waals surface area contributed by atoms with Crippen molar-refractivity contribution in [2.24, 2.45) is 0 Å². The van der Waals surface area contributed by atoms with Gasteiger partial charge in [-0.2, -0.15) is 0 Å². The van der Waals surface area contributed by atoms with Gasteiger partial charge >= 0.3 is 0 Å². The number of rotatable bonds is 5. The third-order valence-corrected chi connectivity index (χ3v) is 2.98. The molecule has 0 bridgehead atoms. The highest BCUT2D eigenvalue weighted by Gasteiger charge is 2.25. The summed E-state index contributed by atoms with van der Waals surface area (Å²) in [6.07, 6.45) is 0.769. The molecule has 0 unspecified atom stereocenters. The Morgan fingerprint density at radius 3 is 2.47 bits per heavy atom. The van der Waals surface area contributed by atoms with E-state index in [2.05, 4.69) is 19.2 Å². The van der Waals surface area contributed by atoms with Gasteiger partial charge in [-0.3, -0.25) is 0 Å². The average Bonchev–Trinajstić information content (AvgIpc) is 2.21. The normalized spacial score (nSPS) is 12.2. The second kappa shape index (κ2) is 5.58. The van der Waals surface area contributed by atoms with Crippen LogP contribution in [0.25, 0.3) is 0 Å². The lowest BCUT2D eigenvalue weighted by Crippen LogP contribution is -2.30. The number of nitrogens with one attached hydrogen (secondary N) is 1. The van der Waals surface area contributed by atoms with E-state index in [4.69, 9.17) is 0 Å². The number of hydrogen-bond acceptors (Lipinski definition) is 1. The highest BCUT2D eigenvalue weighted by molar-refractivity contribution is 5.26. The number of halogens is 2. The van der Waals surface area contributed by atoms with Crippen LogP contribution in [-0.4, -0.2) is 12.6 Å². The van der Waals surface area contributed by atoms with E-state index < -0.39 is 11.6 Å². The summed E-state index contributed by atoms with van der Waals surface area (Å²) in [7, 11) is 0. The average molecular weight is 241 g/mol. The van der Waals surface area contributed by atoms with Gasteiger partial charge in [0, 0.05) is 6.04 Å². The maximum Gasteiger partial charge on any atom is 0.162 e. The van der Waals surface area contributed by atoms with E-state index in [9.17, 15) is 8.78 Å². The standard InChI is InChI=1S/C14H21F2N/c1-10(2)17-9-8-14(3,4)11-6-5-7-12(15)13(11)16/h5-7,10,17H,8-9H2,1-4H3. The SMILES string of the molecule is CC(C)NCCC(C)(C)c1cccc(F)c1F. The molecule has 1 aromatic rings. The Morgan fingerprint density at radius 2 is 1.88 bits per heavy atom. The van der Waals surface area contributed by atoms with Gasteiger partial charge in [0.25, 0.3) is 0 Å². The van der Waals surface area contributed by atoms with Crippen molar-refractivity contribution in [3.63, 3.8) is 0 Å². The summed E-state index contributed by atoms with van der Waals surface area (Å²) in [4.78, 5) is 0. The van der Waals surface area contributed by atoms with Crippen LogP contribution in [0, 0.1) is 11.6 Å². The van der Waals surface area contributed by atoms with Crippen LogP contribution in [0.3, 0.4) is 0 Å². The molecule has 1 rings (SSSR count). The van der Waals surface area contributed by atoms with E-state index in [1.165, 1.54) is 0 Å². The molecule has 0 fully saturated rings. The number of benzene rings is 1. The van der Waals surface area contributed by atoms with Crippen LogP contribution in [0.15, 0.2) is 18.2 Å². The van der Waals surface area contributed by atoms with Crippen LogP contribution in [0.2, 0.25) is 0 Å². The zero-order valence-corrected chi connectivity index (χ0v) is 11.0. The molecular formula is C14H21F2N. The van der Waals surface area contributed by atoms with Gasteiger partial charge in [-0.05, 0) is 30.0 Å². The monoisotopic (exact) mass is 241 g/mol. The van der Waals surface area contributed by atoms with E-state index in [0.717, 1.165) is 19.0 Å². The summed E-state index contributed by atoms with van der Waals surface area (Å²) < 4.78 is 26.9. The maximum absolute atomic E-state index is 13.7. The van der Waals surface area contributed by atoms with Gasteiger partial charge in [0.15, 0.2) is 11.6 Å². The Hall–Kier alpha value is -0.960. The van der Waals surface area contributed by atoms with Crippen molar-refractivity contribution < 1.29 is 8.78 Å². The first-order chi connectivity index (χ1) is 7.84. The topological polar surface area (TPSA) is 12.0 Å². The highest BCUT2D eigenvalue weighted by Crippen LogP contribution is 2.29. The van der Waals surface area contributed by atoms with Gasteiger partial charge in [-0.25, -0.2) is 8.78 Å². The van der Waals surface area contributed by atoms with Crippen molar-refractivity contribution in [1.82, 2.24) is 5.32 Å². The van der Waals surface area contributed by atoms with Crippen molar-refractivity contribution in [2.75, 3.05) is 6.54 Å². The lowest BCUT2D eigenvalue weighted by Gasteiger charge is -2.26. The van der Waals surface area contributed by atoms with Crippen LogP contribution in [0.1, 0.15) is 39.7 Å². The molecule has 1 aromatic carbocycles. The minimum Gasteiger partial charge on any atom is -0.315 e. The molecule has 0 aliphatic rings. The minimum absolute atomic E-state index is 0.367. The molecule has 0 saturated heterocycles. The quantitative estimate of drug-likeness (QED) is 0.830. The molecule has 96 valence electrons. The Kier molecular flexibility index (Phi) is 4.63. The van der Waals surface area contributed by atoms with Crippen LogP contribution in [0.4, 0.5) is 8.78 Å². The van der Waals surface area contributed by atoms with Gasteiger partial charge in [0.1, 0.15) is 0 Å². The van der Waals surface area contributed by atoms with Gasteiger partial charge in [-0.15, -0.1) is 0 Å². The molecule has 0 saturated carbocycles. The molecular weight excluding hydrogens is 220 g/mol. The molecule has 0 radical (unpaired) electrons. The minimum atomic E-state index is -0.771. The predicted octanol–water partition coefficient (Wildman–Crippen LogP) is 3.63. The first-order valence-electron chi connectivity index (χ1n) is 6.02. The van der Waals surface area contributed by atoms with Gasteiger partial charge in [0.2, 0.25) is 0 Å². The summed E-state index contributed by atoms with van der Waals surface area (Å²) in [5.74, 6) is -1.49. The summed E-state index contributed by atoms with van der Waals surface area (Å²) >= 11 is 0. The lowest BCUT2D eigenvalue weighted by atomic mass is 9.81. The Labute approximate surface area is 102 Å². The van der Waals surface area contributed by atoms with E-state index >= 15 is 0 Å². The fraction of sp³-hybridized carbons (Fsp3) is 0.571. The third-order valence-electron chi connectivity index (χ3n) is 2.98. The molecule has 1 N–H and O–H groups in total. The number of hydrogen-bond donors (Lipinski definition) is 1. The Morgan fingerprint density at radius 1 is 1.24 bits per heavy atom. The van der Waals surface area contributed by atoms with Crippen molar-refractivity contribution in [3.05, 3.63) is 35.4 Å². The van der Waals surface area contributed by atoms with Crippen LogP contribution in [-0.2, 0) is 5.41 Å². The van der Waals surface area contributed by atoms with Crippen LogP contribution < -0.4 is 5.32 Å². The van der Waals surface area contributed by atoms with Gasteiger partial charge < -0.3 is 5.32 Å². The van der Waals surface area contributed by atoms with Gasteiger partial charge in [-0.1, -0.05) is 39.8 Å². The molecule has 17 heavy (non-hydrogen) atoms. The van der Waals surface area contributed by atoms with Crippen molar-refractivity contribution in [1.29, 1.82) is 0 Å². The molecule has 0 heterocycles. The third kappa shape index (κ3) is 3.77. The van der Waals surface area contributed by atoms with Crippen molar-refractivity contribution in [2.45, 2.75) is 45.6 Å². The van der Waals surface area contributed by atoms with E-state index in [0.29, 0.717) is 11.6 Å². The Balaban J connectivity index is 2.78. The largest absolute Gasteiger partial charge is 0.315 e. The van der Waals surface area contributed by atoms with E-state index in [1.54, 1.807) is 12.1 Å². The molecule has 1 nitrogen and oxygen atoms in total. The summed E-state index contributed by atoms with van der Waals surface area (Å²) in [6.45, 7) is 8.80. The smallest absolute Gasteiger partial charge is 0.162 e. The second-order valence-electron chi connectivity index (χ2n) is 5.34. The van der Waals surface area contributed by atoms with Crippen molar-refractivity contribution in [3.8, 4) is 0 Å². The second-order valence-corrected chi connectivity index (χ2v) is 5.34. The lowest BCUT2D eigenvalue weighted by molar-refractivity contribution is 0.408. The zero-order chi connectivity index (χ0) is 13.1. The molecule has 3 heteroatoms. The molecule has 0 amide bonds. The summed E-state index contributed by atoms with van der Waals surface area (Å²) in [5, 5.41) is 3.29. The fourth-order valence-electron chi connectivity index (χ4n) is 1.83. The van der Waals surface area contributed by atoms with E-state index in [1.807, 2.05) is 13.8 Å². The molecule has 0 atom stereocenters. The first kappa shape index (κ1) is 14.1. The van der Waals surface area contributed by atoms with Crippen LogP contribution in [0.5, 0.6) is 0 Å². The van der Waals surface area contributed by atoms with Crippen molar-refractivity contribution >= 4 is 0 Å². The first-order valence-corrected chi connectivity index (χ1v) is 6.02. The molecule has 0 aromatic heterocycles. The highest BCUT2D eigenvalue weighted by atomic mass is 19.2. The van der Waals surface area contributed by atoms with Crippen LogP contribution >= 0.6 is 0 Å². The Bertz CT molecular complexity index is 372. The zero-order valence-electron chi connectivity index (χ0n) is 11.0. The summed E-state index contributed by atoms with van der Waals surface area (Å²) in [6, 6.07) is 4.78. The fourth-order valence-corrected chi connectivity index (χ4v) is 1.83. The predicted molar refractivity (Wildman–Crippen MR) is 67.1 cm³/mol.